The molecule has 6 heteroatoms. The first kappa shape index (κ1) is 15.4. The number of rotatable bonds is 7. The highest BCUT2D eigenvalue weighted by Gasteiger charge is 2.20. The van der Waals surface area contributed by atoms with Crippen molar-refractivity contribution < 1.29 is 13.2 Å². The molecule has 1 unspecified atom stereocenters. The molecule has 0 bridgehead atoms. The average Bonchev–Trinajstić information content (AvgIpc) is 2.97. The first-order chi connectivity index (χ1) is 9.62. The number of sulfonamides is 1. The van der Waals surface area contributed by atoms with Gasteiger partial charge >= 0.3 is 0 Å². The minimum Gasteiger partial charge on any atom is -0.377 e. The number of ether oxygens (including phenoxy) is 1. The third-order valence-corrected chi connectivity index (χ3v) is 4.86. The number of hydrogen-bond donors (Lipinski definition) is 2. The van der Waals surface area contributed by atoms with Gasteiger partial charge in [0, 0.05) is 13.2 Å². The van der Waals surface area contributed by atoms with Gasteiger partial charge in [0.25, 0.3) is 0 Å². The Kier molecular flexibility index (Phi) is 5.54. The van der Waals surface area contributed by atoms with E-state index >= 15 is 0 Å². The van der Waals surface area contributed by atoms with Crippen LogP contribution in [0.15, 0.2) is 29.2 Å². The molecule has 0 saturated carbocycles. The minimum absolute atomic E-state index is 0.0136. The summed E-state index contributed by atoms with van der Waals surface area (Å²) in [6.45, 7) is 1.96. The van der Waals surface area contributed by atoms with Crippen molar-refractivity contribution >= 4 is 10.0 Å². The molecule has 1 saturated heterocycles. The topological polar surface area (TPSA) is 67.4 Å². The largest absolute Gasteiger partial charge is 0.377 e. The van der Waals surface area contributed by atoms with E-state index in [1.54, 1.807) is 12.1 Å². The fraction of sp³-hybridized carbons (Fsp3) is 0.571. The van der Waals surface area contributed by atoms with Crippen LogP contribution in [0.2, 0.25) is 0 Å². The third kappa shape index (κ3) is 4.28. The number of hydrogen-bond acceptors (Lipinski definition) is 4. The Morgan fingerprint density at radius 3 is 2.65 bits per heavy atom. The predicted octanol–water partition coefficient (Wildman–Crippen LogP) is 0.906. The molecule has 1 aromatic carbocycles. The molecule has 0 amide bonds. The summed E-state index contributed by atoms with van der Waals surface area (Å²) in [5.41, 5.74) is 1.12. The molecular formula is C14H22N2O3S. The molecule has 0 aromatic heterocycles. The van der Waals surface area contributed by atoms with Crippen molar-refractivity contribution in [2.24, 2.45) is 0 Å². The van der Waals surface area contributed by atoms with Gasteiger partial charge in [0.1, 0.15) is 0 Å². The lowest BCUT2D eigenvalue weighted by Gasteiger charge is -2.11. The zero-order chi connectivity index (χ0) is 14.4. The summed E-state index contributed by atoms with van der Waals surface area (Å²) in [7, 11) is -1.53. The van der Waals surface area contributed by atoms with Gasteiger partial charge in [0.05, 0.1) is 11.0 Å². The van der Waals surface area contributed by atoms with E-state index in [1.165, 1.54) is 0 Å². The molecule has 1 atom stereocenters. The van der Waals surface area contributed by atoms with E-state index in [9.17, 15) is 8.42 Å². The predicted molar refractivity (Wildman–Crippen MR) is 78.2 cm³/mol. The SMILES string of the molecule is CNCCc1ccc(S(=O)(=O)NCC2CCCO2)cc1. The van der Waals surface area contributed by atoms with Crippen LogP contribution in [-0.4, -0.2) is 41.3 Å². The minimum atomic E-state index is -3.43. The summed E-state index contributed by atoms with van der Waals surface area (Å²) < 4.78 is 32.3. The van der Waals surface area contributed by atoms with Crippen LogP contribution in [-0.2, 0) is 21.2 Å². The van der Waals surface area contributed by atoms with E-state index in [4.69, 9.17) is 4.74 Å². The zero-order valence-electron chi connectivity index (χ0n) is 11.8. The Morgan fingerprint density at radius 1 is 1.30 bits per heavy atom. The van der Waals surface area contributed by atoms with Gasteiger partial charge in [-0.15, -0.1) is 0 Å². The van der Waals surface area contributed by atoms with Gasteiger partial charge in [0.2, 0.25) is 10.0 Å². The third-order valence-electron chi connectivity index (χ3n) is 3.42. The van der Waals surface area contributed by atoms with Crippen LogP contribution in [0.1, 0.15) is 18.4 Å². The average molecular weight is 298 g/mol. The van der Waals surface area contributed by atoms with Gasteiger partial charge in [-0.3, -0.25) is 0 Å². The highest BCUT2D eigenvalue weighted by Crippen LogP contribution is 2.14. The number of likely N-dealkylation sites (N-methyl/N-ethyl adjacent to an activating group) is 1. The molecule has 0 spiro atoms. The summed E-state index contributed by atoms with van der Waals surface area (Å²) in [5.74, 6) is 0. The van der Waals surface area contributed by atoms with E-state index in [0.717, 1.165) is 38.0 Å². The molecule has 0 aliphatic carbocycles. The van der Waals surface area contributed by atoms with Crippen molar-refractivity contribution in [3.8, 4) is 0 Å². The standard InChI is InChI=1S/C14H22N2O3S/c1-15-9-8-12-4-6-14(7-5-12)20(17,18)16-11-13-3-2-10-19-13/h4-7,13,15-16H,2-3,8-11H2,1H3. The lowest BCUT2D eigenvalue weighted by atomic mass is 10.1. The van der Waals surface area contributed by atoms with Crippen molar-refractivity contribution in [2.45, 2.75) is 30.3 Å². The van der Waals surface area contributed by atoms with Gasteiger partial charge in [0.15, 0.2) is 0 Å². The highest BCUT2D eigenvalue weighted by atomic mass is 32.2. The van der Waals surface area contributed by atoms with Gasteiger partial charge in [-0.2, -0.15) is 0 Å². The molecule has 20 heavy (non-hydrogen) atoms. The van der Waals surface area contributed by atoms with Gasteiger partial charge in [-0.25, -0.2) is 13.1 Å². The molecule has 1 fully saturated rings. The Morgan fingerprint density at radius 2 is 2.05 bits per heavy atom. The van der Waals surface area contributed by atoms with Crippen molar-refractivity contribution in [3.63, 3.8) is 0 Å². The Labute approximate surface area is 120 Å². The van der Waals surface area contributed by atoms with Crippen LogP contribution in [0, 0.1) is 0 Å². The van der Waals surface area contributed by atoms with Crippen LogP contribution >= 0.6 is 0 Å². The monoisotopic (exact) mass is 298 g/mol. The van der Waals surface area contributed by atoms with Crippen LogP contribution in [0.4, 0.5) is 0 Å². The summed E-state index contributed by atoms with van der Waals surface area (Å²) in [6, 6.07) is 7.03. The van der Waals surface area contributed by atoms with Gasteiger partial charge < -0.3 is 10.1 Å². The fourth-order valence-corrected chi connectivity index (χ4v) is 3.26. The van der Waals surface area contributed by atoms with Crippen LogP contribution in [0.5, 0.6) is 0 Å². The second-order valence-electron chi connectivity index (χ2n) is 4.98. The molecule has 112 valence electrons. The van der Waals surface area contributed by atoms with E-state index in [1.807, 2.05) is 19.2 Å². The second-order valence-corrected chi connectivity index (χ2v) is 6.75. The van der Waals surface area contributed by atoms with Gasteiger partial charge in [-0.05, 0) is 50.6 Å². The van der Waals surface area contributed by atoms with E-state index in [-0.39, 0.29) is 6.10 Å². The maximum absolute atomic E-state index is 12.1. The maximum Gasteiger partial charge on any atom is 0.240 e. The number of nitrogens with one attached hydrogen (secondary N) is 2. The summed E-state index contributed by atoms with van der Waals surface area (Å²) >= 11 is 0. The first-order valence-electron chi connectivity index (χ1n) is 6.96. The van der Waals surface area contributed by atoms with Crippen molar-refractivity contribution in [3.05, 3.63) is 29.8 Å². The smallest absolute Gasteiger partial charge is 0.240 e. The highest BCUT2D eigenvalue weighted by molar-refractivity contribution is 7.89. The van der Waals surface area contributed by atoms with Crippen molar-refractivity contribution in [1.29, 1.82) is 0 Å². The van der Waals surface area contributed by atoms with Crippen molar-refractivity contribution in [2.75, 3.05) is 26.7 Å². The summed E-state index contributed by atoms with van der Waals surface area (Å²) in [4.78, 5) is 0.309. The first-order valence-corrected chi connectivity index (χ1v) is 8.45. The Bertz CT molecular complexity index is 508. The molecule has 0 radical (unpaired) electrons. The van der Waals surface area contributed by atoms with E-state index < -0.39 is 10.0 Å². The molecular weight excluding hydrogens is 276 g/mol. The normalized spacial score (nSPS) is 19.4. The lowest BCUT2D eigenvalue weighted by molar-refractivity contribution is 0.114. The Hall–Kier alpha value is -0.950. The van der Waals surface area contributed by atoms with Crippen LogP contribution < -0.4 is 10.0 Å². The summed E-state index contributed by atoms with van der Waals surface area (Å²) in [5, 5.41) is 3.07. The zero-order valence-corrected chi connectivity index (χ0v) is 12.6. The molecule has 1 aromatic rings. The van der Waals surface area contributed by atoms with Crippen LogP contribution in [0.25, 0.3) is 0 Å². The summed E-state index contributed by atoms with van der Waals surface area (Å²) in [6.07, 6.45) is 2.83. The second kappa shape index (κ2) is 7.17. The number of benzene rings is 1. The molecule has 1 aliphatic heterocycles. The molecule has 1 heterocycles. The molecule has 5 nitrogen and oxygen atoms in total. The quantitative estimate of drug-likeness (QED) is 0.785. The van der Waals surface area contributed by atoms with E-state index in [2.05, 4.69) is 10.0 Å². The van der Waals surface area contributed by atoms with E-state index in [0.29, 0.717) is 11.4 Å². The molecule has 2 rings (SSSR count). The van der Waals surface area contributed by atoms with Crippen LogP contribution in [0.3, 0.4) is 0 Å². The van der Waals surface area contributed by atoms with Gasteiger partial charge in [-0.1, -0.05) is 12.1 Å². The maximum atomic E-state index is 12.1. The Balaban J connectivity index is 1.94. The fourth-order valence-electron chi connectivity index (χ4n) is 2.20. The van der Waals surface area contributed by atoms with Crippen molar-refractivity contribution in [1.82, 2.24) is 10.0 Å². The lowest BCUT2D eigenvalue weighted by Crippen LogP contribution is -2.31. The molecule has 1 aliphatic rings. The molecule has 2 N–H and O–H groups in total.